The van der Waals surface area contributed by atoms with E-state index in [0.717, 1.165) is 15.9 Å². The van der Waals surface area contributed by atoms with Crippen LogP contribution in [0.15, 0.2) is 58.5 Å². The first kappa shape index (κ1) is 28.8. The van der Waals surface area contributed by atoms with Gasteiger partial charge < -0.3 is 19.7 Å². The number of rotatable bonds is 7. The molecule has 2 N–H and O–H groups in total. The van der Waals surface area contributed by atoms with Gasteiger partial charge in [0.15, 0.2) is 11.6 Å². The molecule has 0 fully saturated rings. The molecule has 0 bridgehead atoms. The number of aromatic nitrogens is 6. The average molecular weight is 574 g/mol. The number of aryl methyl sites for hydroxylation is 2. The Morgan fingerprint density at radius 2 is 1.86 bits per heavy atom. The minimum Gasteiger partial charge on any atom is -0.392 e. The maximum atomic E-state index is 15.3. The lowest BCUT2D eigenvalue weighted by Gasteiger charge is -2.20. The molecule has 0 saturated carbocycles. The van der Waals surface area contributed by atoms with E-state index >= 15 is 4.39 Å². The van der Waals surface area contributed by atoms with Crippen molar-refractivity contribution in [3.05, 3.63) is 92.3 Å². The van der Waals surface area contributed by atoms with Crippen LogP contribution >= 0.6 is 0 Å². The number of aliphatic hydroxyl groups is 1. The van der Waals surface area contributed by atoms with Gasteiger partial charge in [0.05, 0.1) is 30.5 Å². The number of anilines is 2. The first-order chi connectivity index (χ1) is 19.9. The van der Waals surface area contributed by atoms with Crippen molar-refractivity contribution in [2.45, 2.75) is 39.4 Å². The molecule has 0 spiro atoms. The molecule has 0 unspecified atom stereocenters. The van der Waals surface area contributed by atoms with E-state index in [1.54, 1.807) is 56.3 Å². The number of fused-ring (bicyclic) bond motifs is 1. The molecule has 4 heterocycles. The number of ether oxygens (including phenoxy) is 1. The van der Waals surface area contributed by atoms with Gasteiger partial charge in [0.25, 0.3) is 11.1 Å². The number of methoxy groups -OCH3 is 1. The Morgan fingerprint density at radius 3 is 2.55 bits per heavy atom. The van der Waals surface area contributed by atoms with Crippen LogP contribution in [-0.2, 0) is 37.5 Å². The van der Waals surface area contributed by atoms with Gasteiger partial charge in [0.1, 0.15) is 11.5 Å². The highest BCUT2D eigenvalue weighted by atomic mass is 19.1. The van der Waals surface area contributed by atoms with Crippen LogP contribution in [0, 0.1) is 5.82 Å². The van der Waals surface area contributed by atoms with Crippen LogP contribution in [0.1, 0.15) is 37.6 Å². The maximum absolute atomic E-state index is 15.3. The predicted molar refractivity (Wildman–Crippen MR) is 158 cm³/mol. The summed E-state index contributed by atoms with van der Waals surface area (Å²) >= 11 is 0. The third-order valence-corrected chi connectivity index (χ3v) is 7.12. The summed E-state index contributed by atoms with van der Waals surface area (Å²) < 4.78 is 24.5. The highest BCUT2D eigenvalue weighted by molar-refractivity contribution is 5.83. The molecule has 4 aromatic heterocycles. The second kappa shape index (κ2) is 11.0. The Labute approximate surface area is 240 Å². The minimum absolute atomic E-state index is 0.0542. The van der Waals surface area contributed by atoms with Gasteiger partial charge in [-0.25, -0.2) is 9.37 Å². The van der Waals surface area contributed by atoms with Crippen molar-refractivity contribution in [2.24, 2.45) is 14.1 Å². The number of aliphatic hydroxyl groups excluding tert-OH is 1. The van der Waals surface area contributed by atoms with Gasteiger partial charge in [0.2, 0.25) is 0 Å². The van der Waals surface area contributed by atoms with Crippen LogP contribution in [0.2, 0.25) is 0 Å². The zero-order chi connectivity index (χ0) is 30.3. The van der Waals surface area contributed by atoms with E-state index in [4.69, 9.17) is 4.74 Å². The normalized spacial score (nSPS) is 11.8. The number of nitrogens with one attached hydrogen (secondary N) is 1. The van der Waals surface area contributed by atoms with Crippen molar-refractivity contribution in [3.8, 4) is 16.9 Å². The number of pyridine rings is 2. The van der Waals surface area contributed by atoms with E-state index in [0.29, 0.717) is 28.9 Å². The SMILES string of the molecule is COCc1cc(Nc2cc(-c3ccnc(-n4ncc5cc(C(C)(C)C)cc(F)c5c4=O)c3CO)cn(C)c2=O)nn1C. The predicted octanol–water partition coefficient (Wildman–Crippen LogP) is 3.70. The molecule has 42 heavy (non-hydrogen) atoms. The fourth-order valence-corrected chi connectivity index (χ4v) is 4.84. The van der Waals surface area contributed by atoms with Crippen molar-refractivity contribution < 1.29 is 14.2 Å². The summed E-state index contributed by atoms with van der Waals surface area (Å²) in [6.45, 7) is 5.73. The number of benzene rings is 1. The van der Waals surface area contributed by atoms with E-state index in [-0.39, 0.29) is 33.4 Å². The Hall–Kier alpha value is -4.68. The minimum atomic E-state index is -0.699. The summed E-state index contributed by atoms with van der Waals surface area (Å²) in [7, 11) is 4.97. The lowest BCUT2D eigenvalue weighted by molar-refractivity contribution is 0.178. The van der Waals surface area contributed by atoms with Gasteiger partial charge in [-0.3, -0.25) is 14.3 Å². The lowest BCUT2D eigenvalue weighted by Crippen LogP contribution is -2.25. The topological polar surface area (TPSA) is 129 Å². The maximum Gasteiger partial charge on any atom is 0.283 e. The van der Waals surface area contributed by atoms with Gasteiger partial charge in [-0.1, -0.05) is 20.8 Å². The van der Waals surface area contributed by atoms with Crippen LogP contribution in [0.3, 0.4) is 0 Å². The summed E-state index contributed by atoms with van der Waals surface area (Å²) in [5.41, 5.74) is 1.84. The van der Waals surface area contributed by atoms with Crippen LogP contribution in [0.25, 0.3) is 27.7 Å². The summed E-state index contributed by atoms with van der Waals surface area (Å²) in [6, 6.07) is 8.20. The Morgan fingerprint density at radius 1 is 1.10 bits per heavy atom. The molecule has 5 rings (SSSR count). The van der Waals surface area contributed by atoms with Crippen molar-refractivity contribution in [2.75, 3.05) is 12.4 Å². The molecule has 0 saturated heterocycles. The highest BCUT2D eigenvalue weighted by Gasteiger charge is 2.21. The molecule has 218 valence electrons. The molecule has 12 heteroatoms. The van der Waals surface area contributed by atoms with E-state index in [2.05, 4.69) is 20.5 Å². The molecule has 0 aliphatic rings. The smallest absolute Gasteiger partial charge is 0.283 e. The molecule has 0 aliphatic heterocycles. The van der Waals surface area contributed by atoms with E-state index in [1.165, 1.54) is 23.0 Å². The Kier molecular flexibility index (Phi) is 7.52. The van der Waals surface area contributed by atoms with Crippen LogP contribution in [0.4, 0.5) is 15.9 Å². The lowest BCUT2D eigenvalue weighted by atomic mass is 9.86. The first-order valence-corrected chi connectivity index (χ1v) is 13.2. The van der Waals surface area contributed by atoms with Gasteiger partial charge in [-0.15, -0.1) is 0 Å². The second-order valence-electron chi connectivity index (χ2n) is 11.1. The van der Waals surface area contributed by atoms with E-state index < -0.39 is 18.0 Å². The van der Waals surface area contributed by atoms with Crippen LogP contribution in [-0.4, -0.2) is 41.3 Å². The zero-order valence-electron chi connectivity index (χ0n) is 24.3. The monoisotopic (exact) mass is 573 g/mol. The first-order valence-electron chi connectivity index (χ1n) is 13.2. The highest BCUT2D eigenvalue weighted by Crippen LogP contribution is 2.30. The molecule has 0 aliphatic carbocycles. The van der Waals surface area contributed by atoms with Crippen molar-refractivity contribution in [1.82, 2.24) is 29.1 Å². The van der Waals surface area contributed by atoms with Crippen molar-refractivity contribution in [3.63, 3.8) is 0 Å². The van der Waals surface area contributed by atoms with Gasteiger partial charge in [0, 0.05) is 56.2 Å². The number of hydrogen-bond donors (Lipinski definition) is 2. The molecule has 11 nitrogen and oxygen atoms in total. The number of nitrogens with zero attached hydrogens (tertiary/aromatic N) is 6. The molecular formula is C30H32FN7O4. The largest absolute Gasteiger partial charge is 0.392 e. The Balaban J connectivity index is 1.62. The zero-order valence-corrected chi connectivity index (χ0v) is 24.3. The molecule has 0 radical (unpaired) electrons. The molecule has 1 aromatic carbocycles. The second-order valence-corrected chi connectivity index (χ2v) is 11.1. The average Bonchev–Trinajstić information content (AvgIpc) is 3.28. The molecule has 5 aromatic rings. The summed E-state index contributed by atoms with van der Waals surface area (Å²) in [4.78, 5) is 30.8. The van der Waals surface area contributed by atoms with Gasteiger partial charge >= 0.3 is 0 Å². The molecular weight excluding hydrogens is 541 g/mol. The quantitative estimate of drug-likeness (QED) is 0.302. The third-order valence-electron chi connectivity index (χ3n) is 7.12. The van der Waals surface area contributed by atoms with Crippen LogP contribution < -0.4 is 16.4 Å². The summed E-state index contributed by atoms with van der Waals surface area (Å²) in [5.74, 6) is -0.143. The number of halogens is 1. The Bertz CT molecular complexity index is 1940. The van der Waals surface area contributed by atoms with Crippen molar-refractivity contribution in [1.29, 1.82) is 0 Å². The van der Waals surface area contributed by atoms with Gasteiger partial charge in [-0.2, -0.15) is 14.9 Å². The molecule has 0 atom stereocenters. The van der Waals surface area contributed by atoms with E-state index in [9.17, 15) is 14.7 Å². The standard InChI is InChI=1S/C30H32FN7O4/c1-30(2,3)19-9-17-13-33-38(29(41)26(17)23(31)11-19)27-22(15-39)21(7-8-32-27)18-10-24(28(40)36(4)14-18)34-25-12-20(16-42-6)37(5)35-25/h7-14,39H,15-16H2,1-6H3,(H,34,35). The fraction of sp³-hybridized carbons (Fsp3) is 0.300. The van der Waals surface area contributed by atoms with Crippen LogP contribution in [0.5, 0.6) is 0 Å². The third kappa shape index (κ3) is 5.21. The molecule has 0 amide bonds. The van der Waals surface area contributed by atoms with E-state index in [1.807, 2.05) is 20.8 Å². The van der Waals surface area contributed by atoms with Crippen molar-refractivity contribution >= 4 is 22.3 Å². The fourth-order valence-electron chi connectivity index (χ4n) is 4.84. The summed E-state index contributed by atoms with van der Waals surface area (Å²) in [6.07, 6.45) is 4.50. The number of hydrogen-bond acceptors (Lipinski definition) is 8. The summed E-state index contributed by atoms with van der Waals surface area (Å²) in [5, 5.41) is 22.5. The van der Waals surface area contributed by atoms with Gasteiger partial charge in [-0.05, 0) is 40.8 Å².